The molecular formula is C15H19NO2. The van der Waals surface area contributed by atoms with Crippen LogP contribution >= 0.6 is 0 Å². The number of carbonyl (C=O) groups excluding carboxylic acids is 1. The van der Waals surface area contributed by atoms with Crippen molar-refractivity contribution in [1.82, 2.24) is 4.90 Å². The first-order chi connectivity index (χ1) is 8.67. The molecule has 0 radical (unpaired) electrons. The first kappa shape index (κ1) is 14.0. The van der Waals surface area contributed by atoms with Gasteiger partial charge in [-0.15, -0.1) is 0 Å². The highest BCUT2D eigenvalue weighted by Crippen LogP contribution is 2.10. The third-order valence-corrected chi connectivity index (χ3v) is 2.61. The van der Waals surface area contributed by atoms with Gasteiger partial charge in [-0.05, 0) is 31.5 Å². The molecular weight excluding hydrogens is 226 g/mol. The van der Waals surface area contributed by atoms with Crippen molar-refractivity contribution >= 4 is 12.0 Å². The van der Waals surface area contributed by atoms with Gasteiger partial charge >= 0.3 is 0 Å². The van der Waals surface area contributed by atoms with Gasteiger partial charge in [-0.25, -0.2) is 0 Å². The smallest absolute Gasteiger partial charge is 0.246 e. The van der Waals surface area contributed by atoms with Crippen molar-refractivity contribution in [2.45, 2.75) is 13.8 Å². The standard InChI is InChI=1S/C15H19NO2/c1-3-16(4-2)15(18)8-6-5-7-13-9-11-14(17)12-10-13/h5-12,17H,3-4H2,1-2H3/b7-5+,8-6+. The maximum absolute atomic E-state index is 11.6. The quantitative estimate of drug-likeness (QED) is 0.640. The van der Waals surface area contributed by atoms with Crippen LogP contribution in [0.1, 0.15) is 19.4 Å². The predicted octanol–water partition coefficient (Wildman–Crippen LogP) is 2.83. The number of phenolic OH excluding ortho intramolecular Hbond substituents is 1. The second-order valence-electron chi connectivity index (χ2n) is 3.82. The number of nitrogens with zero attached hydrogens (tertiary/aromatic N) is 1. The van der Waals surface area contributed by atoms with E-state index in [1.54, 1.807) is 29.2 Å². The Hall–Kier alpha value is -2.03. The van der Waals surface area contributed by atoms with Crippen LogP contribution in [0, 0.1) is 0 Å². The second kappa shape index (κ2) is 7.33. The van der Waals surface area contributed by atoms with Gasteiger partial charge in [0.05, 0.1) is 0 Å². The monoisotopic (exact) mass is 245 g/mol. The van der Waals surface area contributed by atoms with Gasteiger partial charge < -0.3 is 10.0 Å². The highest BCUT2D eigenvalue weighted by Gasteiger charge is 2.03. The van der Waals surface area contributed by atoms with E-state index in [0.717, 1.165) is 18.7 Å². The zero-order valence-corrected chi connectivity index (χ0v) is 10.8. The van der Waals surface area contributed by atoms with E-state index in [1.807, 2.05) is 38.1 Å². The van der Waals surface area contributed by atoms with Crippen LogP contribution in [0.3, 0.4) is 0 Å². The molecule has 0 spiro atoms. The SMILES string of the molecule is CCN(CC)C(=O)/C=C/C=C/c1ccc(O)cc1. The average Bonchev–Trinajstić information content (AvgIpc) is 2.38. The van der Waals surface area contributed by atoms with E-state index in [2.05, 4.69) is 0 Å². The van der Waals surface area contributed by atoms with Crippen molar-refractivity contribution < 1.29 is 9.90 Å². The molecule has 1 rings (SSSR count). The van der Waals surface area contributed by atoms with Crippen LogP contribution < -0.4 is 0 Å². The fraction of sp³-hybridized carbons (Fsp3) is 0.267. The normalized spacial score (nSPS) is 11.2. The van der Waals surface area contributed by atoms with Crippen molar-refractivity contribution in [3.63, 3.8) is 0 Å². The molecule has 1 N–H and O–H groups in total. The first-order valence-corrected chi connectivity index (χ1v) is 6.10. The summed E-state index contributed by atoms with van der Waals surface area (Å²) in [6.45, 7) is 5.37. The molecule has 1 aromatic rings. The molecule has 0 saturated carbocycles. The Morgan fingerprint density at radius 3 is 2.33 bits per heavy atom. The molecule has 3 heteroatoms. The lowest BCUT2D eigenvalue weighted by atomic mass is 10.2. The number of rotatable bonds is 5. The van der Waals surface area contributed by atoms with Crippen LogP contribution in [0.5, 0.6) is 5.75 Å². The Labute approximate surface area is 108 Å². The van der Waals surface area contributed by atoms with Gasteiger partial charge in [0, 0.05) is 19.2 Å². The summed E-state index contributed by atoms with van der Waals surface area (Å²) < 4.78 is 0. The number of benzene rings is 1. The van der Waals surface area contributed by atoms with Gasteiger partial charge in [-0.2, -0.15) is 0 Å². The molecule has 0 aliphatic carbocycles. The number of carbonyl (C=O) groups is 1. The van der Waals surface area contributed by atoms with Gasteiger partial charge in [0.2, 0.25) is 5.91 Å². The third kappa shape index (κ3) is 4.45. The van der Waals surface area contributed by atoms with E-state index >= 15 is 0 Å². The summed E-state index contributed by atoms with van der Waals surface area (Å²) >= 11 is 0. The minimum atomic E-state index is 0.0235. The van der Waals surface area contributed by atoms with Crippen molar-refractivity contribution in [2.75, 3.05) is 13.1 Å². The minimum absolute atomic E-state index is 0.0235. The molecule has 1 aromatic carbocycles. The summed E-state index contributed by atoms with van der Waals surface area (Å²) in [5, 5.41) is 9.13. The fourth-order valence-corrected chi connectivity index (χ4v) is 1.53. The van der Waals surface area contributed by atoms with Gasteiger partial charge in [0.15, 0.2) is 0 Å². The maximum atomic E-state index is 11.6. The van der Waals surface area contributed by atoms with Crippen LogP contribution in [0.4, 0.5) is 0 Å². The Bertz CT molecular complexity index is 428. The number of amides is 1. The van der Waals surface area contributed by atoms with Gasteiger partial charge in [-0.1, -0.05) is 30.4 Å². The molecule has 0 heterocycles. The number of phenols is 1. The summed E-state index contributed by atoms with van der Waals surface area (Å²) in [6, 6.07) is 6.88. The molecule has 0 atom stereocenters. The Kier molecular flexibility index (Phi) is 5.71. The van der Waals surface area contributed by atoms with Crippen LogP contribution in [0.2, 0.25) is 0 Å². The van der Waals surface area contributed by atoms with E-state index in [-0.39, 0.29) is 11.7 Å². The largest absolute Gasteiger partial charge is 0.508 e. The molecule has 0 aliphatic rings. The highest BCUT2D eigenvalue weighted by atomic mass is 16.3. The van der Waals surface area contributed by atoms with E-state index in [9.17, 15) is 4.79 Å². The maximum Gasteiger partial charge on any atom is 0.246 e. The molecule has 0 aromatic heterocycles. The van der Waals surface area contributed by atoms with E-state index in [0.29, 0.717) is 0 Å². The number of allylic oxidation sites excluding steroid dienone is 2. The summed E-state index contributed by atoms with van der Waals surface area (Å²) in [5.74, 6) is 0.273. The average molecular weight is 245 g/mol. The lowest BCUT2D eigenvalue weighted by molar-refractivity contribution is -0.125. The molecule has 0 aliphatic heterocycles. The van der Waals surface area contributed by atoms with Crippen LogP contribution in [-0.4, -0.2) is 29.0 Å². The number of likely N-dealkylation sites (N-methyl/N-ethyl adjacent to an activating group) is 1. The van der Waals surface area contributed by atoms with Crippen LogP contribution in [0.25, 0.3) is 6.08 Å². The summed E-state index contributed by atoms with van der Waals surface area (Å²) in [5.41, 5.74) is 0.979. The van der Waals surface area contributed by atoms with Gasteiger partial charge in [-0.3, -0.25) is 4.79 Å². The Balaban J connectivity index is 2.54. The van der Waals surface area contributed by atoms with Gasteiger partial charge in [0.25, 0.3) is 0 Å². The number of aromatic hydroxyl groups is 1. The second-order valence-corrected chi connectivity index (χ2v) is 3.82. The Morgan fingerprint density at radius 1 is 1.17 bits per heavy atom. The molecule has 96 valence electrons. The fourth-order valence-electron chi connectivity index (χ4n) is 1.53. The van der Waals surface area contributed by atoms with Crippen LogP contribution in [0.15, 0.2) is 42.5 Å². The summed E-state index contributed by atoms with van der Waals surface area (Å²) in [4.78, 5) is 13.4. The third-order valence-electron chi connectivity index (χ3n) is 2.61. The number of hydrogen-bond acceptors (Lipinski definition) is 2. The van der Waals surface area contributed by atoms with E-state index in [1.165, 1.54) is 0 Å². The molecule has 0 unspecified atom stereocenters. The minimum Gasteiger partial charge on any atom is -0.508 e. The predicted molar refractivity (Wildman–Crippen MR) is 74.2 cm³/mol. The van der Waals surface area contributed by atoms with Crippen molar-refractivity contribution in [2.24, 2.45) is 0 Å². The molecule has 0 fully saturated rings. The summed E-state index contributed by atoms with van der Waals surface area (Å²) in [7, 11) is 0. The van der Waals surface area contributed by atoms with E-state index < -0.39 is 0 Å². The highest BCUT2D eigenvalue weighted by molar-refractivity contribution is 5.87. The van der Waals surface area contributed by atoms with Crippen molar-refractivity contribution in [3.8, 4) is 5.75 Å². The van der Waals surface area contributed by atoms with Gasteiger partial charge in [0.1, 0.15) is 5.75 Å². The molecule has 0 bridgehead atoms. The first-order valence-electron chi connectivity index (χ1n) is 6.10. The van der Waals surface area contributed by atoms with E-state index in [4.69, 9.17) is 5.11 Å². The van der Waals surface area contributed by atoms with Crippen molar-refractivity contribution in [3.05, 3.63) is 48.1 Å². The zero-order valence-electron chi connectivity index (χ0n) is 10.8. The number of hydrogen-bond donors (Lipinski definition) is 1. The Morgan fingerprint density at radius 2 is 1.78 bits per heavy atom. The lowest BCUT2D eigenvalue weighted by Gasteiger charge is -2.15. The molecule has 18 heavy (non-hydrogen) atoms. The zero-order chi connectivity index (χ0) is 13.4. The topological polar surface area (TPSA) is 40.5 Å². The molecule has 3 nitrogen and oxygen atoms in total. The van der Waals surface area contributed by atoms with Crippen molar-refractivity contribution in [1.29, 1.82) is 0 Å². The summed E-state index contributed by atoms with van der Waals surface area (Å²) in [6.07, 6.45) is 6.98. The molecule has 1 amide bonds. The molecule has 0 saturated heterocycles. The lowest BCUT2D eigenvalue weighted by Crippen LogP contribution is -2.28. The van der Waals surface area contributed by atoms with Crippen LogP contribution in [-0.2, 0) is 4.79 Å².